The number of allylic oxidation sites excluding steroid dienone is 1. The Hall–Kier alpha value is -4.42. The second-order valence-corrected chi connectivity index (χ2v) is 11.7. The first kappa shape index (κ1) is 32.0. The molecule has 1 fully saturated rings. The fourth-order valence-electron chi connectivity index (χ4n) is 5.26. The zero-order valence-electron chi connectivity index (χ0n) is 26.2. The van der Waals surface area contributed by atoms with E-state index < -0.39 is 12.0 Å². The van der Waals surface area contributed by atoms with Crippen LogP contribution in [-0.4, -0.2) is 81.6 Å². The molecule has 12 heteroatoms. The van der Waals surface area contributed by atoms with Gasteiger partial charge in [-0.05, 0) is 62.2 Å². The number of nitrogens with zero attached hydrogens (tertiary/aromatic N) is 4. The predicted molar refractivity (Wildman–Crippen MR) is 172 cm³/mol. The van der Waals surface area contributed by atoms with Gasteiger partial charge in [-0.2, -0.15) is 0 Å². The number of carbonyl (C=O) groups excluding carboxylic acids is 2. The molecule has 0 aliphatic carbocycles. The standard InChI is InChI=1S/C33H38N4O7S/c1-6-42-26-18-22(8-13-25(26)44-20-28(38)36-14-16-41-17-15-36)19-27-31(39)37-30(23-9-11-24(12-10-23)35(4)5)29(32(40)43-7-2)21(3)34-33(37)45-27/h8-13,18-19,30H,6-7,14-17,20H2,1-5H3/b27-19+/t30-/m0/s1. The van der Waals surface area contributed by atoms with Crippen LogP contribution in [0, 0.1) is 0 Å². The van der Waals surface area contributed by atoms with Crippen LogP contribution < -0.4 is 29.3 Å². The molecule has 11 nitrogen and oxygen atoms in total. The van der Waals surface area contributed by atoms with Crippen molar-refractivity contribution in [3.8, 4) is 11.5 Å². The van der Waals surface area contributed by atoms with Crippen LogP contribution in [0.3, 0.4) is 0 Å². The predicted octanol–water partition coefficient (Wildman–Crippen LogP) is 2.50. The third kappa shape index (κ3) is 6.97. The van der Waals surface area contributed by atoms with Crippen LogP contribution in [0.2, 0.25) is 0 Å². The van der Waals surface area contributed by atoms with E-state index in [0.717, 1.165) is 11.3 Å². The Morgan fingerprint density at radius 1 is 1.04 bits per heavy atom. The van der Waals surface area contributed by atoms with Gasteiger partial charge < -0.3 is 28.7 Å². The molecule has 2 aliphatic heterocycles. The summed E-state index contributed by atoms with van der Waals surface area (Å²) < 4.78 is 24.4. The Labute approximate surface area is 265 Å². The first-order valence-electron chi connectivity index (χ1n) is 14.9. The number of hydrogen-bond acceptors (Lipinski definition) is 10. The number of rotatable bonds is 10. The van der Waals surface area contributed by atoms with E-state index in [9.17, 15) is 14.4 Å². The molecule has 45 heavy (non-hydrogen) atoms. The van der Waals surface area contributed by atoms with Crippen molar-refractivity contribution in [2.45, 2.75) is 26.8 Å². The number of carbonyl (C=O) groups is 2. The fourth-order valence-corrected chi connectivity index (χ4v) is 6.31. The maximum absolute atomic E-state index is 14.0. The van der Waals surface area contributed by atoms with Gasteiger partial charge in [-0.3, -0.25) is 14.2 Å². The molecule has 1 saturated heterocycles. The first-order chi connectivity index (χ1) is 21.7. The summed E-state index contributed by atoms with van der Waals surface area (Å²) in [6.07, 6.45) is 1.77. The molecule has 2 aromatic carbocycles. The summed E-state index contributed by atoms with van der Waals surface area (Å²) in [5, 5.41) is 0. The quantitative estimate of drug-likeness (QED) is 0.313. The number of anilines is 1. The van der Waals surface area contributed by atoms with Gasteiger partial charge in [0.25, 0.3) is 11.5 Å². The summed E-state index contributed by atoms with van der Waals surface area (Å²) in [5.41, 5.74) is 3.05. The normalized spacial score (nSPS) is 16.6. The van der Waals surface area contributed by atoms with E-state index in [2.05, 4.69) is 4.99 Å². The third-order valence-corrected chi connectivity index (χ3v) is 8.51. The molecular weight excluding hydrogens is 596 g/mol. The lowest BCUT2D eigenvalue weighted by molar-refractivity contribution is -0.139. The highest BCUT2D eigenvalue weighted by atomic mass is 32.1. The number of morpholine rings is 1. The molecule has 0 N–H and O–H groups in total. The minimum absolute atomic E-state index is 0.115. The minimum Gasteiger partial charge on any atom is -0.490 e. The van der Waals surface area contributed by atoms with Gasteiger partial charge in [0.1, 0.15) is 0 Å². The van der Waals surface area contributed by atoms with Crippen LogP contribution >= 0.6 is 11.3 Å². The molecular formula is C33H38N4O7S. The van der Waals surface area contributed by atoms with Crippen molar-refractivity contribution < 1.29 is 28.5 Å². The molecule has 2 aliphatic rings. The average molecular weight is 635 g/mol. The summed E-state index contributed by atoms with van der Waals surface area (Å²) >= 11 is 1.25. The summed E-state index contributed by atoms with van der Waals surface area (Å²) in [6.45, 7) is 7.97. The van der Waals surface area contributed by atoms with E-state index >= 15 is 0 Å². The van der Waals surface area contributed by atoms with Crippen molar-refractivity contribution in [3.63, 3.8) is 0 Å². The Balaban J connectivity index is 1.51. The van der Waals surface area contributed by atoms with Crippen molar-refractivity contribution >= 4 is 35.0 Å². The molecule has 0 saturated carbocycles. The van der Waals surface area contributed by atoms with Gasteiger partial charge in [0.05, 0.1) is 48.3 Å². The van der Waals surface area contributed by atoms with E-state index in [1.54, 1.807) is 41.5 Å². The lowest BCUT2D eigenvalue weighted by atomic mass is 9.95. The molecule has 238 valence electrons. The maximum Gasteiger partial charge on any atom is 0.338 e. The summed E-state index contributed by atoms with van der Waals surface area (Å²) in [5.74, 6) is 0.286. The topological polar surface area (TPSA) is 112 Å². The maximum atomic E-state index is 14.0. The summed E-state index contributed by atoms with van der Waals surface area (Å²) in [6, 6.07) is 12.4. The van der Waals surface area contributed by atoms with Gasteiger partial charge in [0, 0.05) is 32.9 Å². The van der Waals surface area contributed by atoms with Crippen molar-refractivity contribution in [1.82, 2.24) is 9.47 Å². The third-order valence-electron chi connectivity index (χ3n) is 7.52. The molecule has 3 aromatic rings. The van der Waals surface area contributed by atoms with E-state index in [4.69, 9.17) is 18.9 Å². The number of esters is 1. The Morgan fingerprint density at radius 3 is 2.44 bits per heavy atom. The van der Waals surface area contributed by atoms with Crippen LogP contribution in [0.1, 0.15) is 37.9 Å². The lowest BCUT2D eigenvalue weighted by Crippen LogP contribution is -2.43. The van der Waals surface area contributed by atoms with Crippen LogP contribution in [0.25, 0.3) is 6.08 Å². The first-order valence-corrected chi connectivity index (χ1v) is 15.8. The van der Waals surface area contributed by atoms with Crippen molar-refractivity contribution in [2.24, 2.45) is 4.99 Å². The number of hydrogen-bond donors (Lipinski definition) is 0. The number of amides is 1. The number of ether oxygens (including phenoxy) is 4. The second kappa shape index (κ2) is 14.1. The molecule has 0 unspecified atom stereocenters. The van der Waals surface area contributed by atoms with Crippen LogP contribution in [0.15, 0.2) is 63.5 Å². The minimum atomic E-state index is -0.697. The van der Waals surface area contributed by atoms with Crippen LogP contribution in [-0.2, 0) is 19.1 Å². The van der Waals surface area contributed by atoms with E-state index in [1.807, 2.05) is 56.3 Å². The highest BCUT2D eigenvalue weighted by Gasteiger charge is 2.33. The molecule has 1 aromatic heterocycles. The number of thiazole rings is 1. The highest BCUT2D eigenvalue weighted by molar-refractivity contribution is 7.07. The van der Waals surface area contributed by atoms with Crippen molar-refractivity contribution in [1.29, 1.82) is 0 Å². The number of fused-ring (bicyclic) bond motifs is 1. The zero-order chi connectivity index (χ0) is 32.1. The van der Waals surface area contributed by atoms with E-state index in [1.165, 1.54) is 11.3 Å². The van der Waals surface area contributed by atoms with Crippen LogP contribution in [0.4, 0.5) is 5.69 Å². The molecule has 1 atom stereocenters. The Bertz CT molecular complexity index is 1770. The van der Waals surface area contributed by atoms with Gasteiger partial charge in [-0.25, -0.2) is 9.79 Å². The largest absolute Gasteiger partial charge is 0.490 e. The Morgan fingerprint density at radius 2 is 1.78 bits per heavy atom. The van der Waals surface area contributed by atoms with Gasteiger partial charge in [-0.1, -0.05) is 29.5 Å². The number of aromatic nitrogens is 1. The SMILES string of the molecule is CCOC(=O)C1=C(C)N=c2s/c(=C/c3ccc(OCC(=O)N4CCOCC4)c(OCC)c3)c(=O)n2[C@H]1c1ccc(N(C)C)cc1. The van der Waals surface area contributed by atoms with E-state index in [-0.39, 0.29) is 24.7 Å². The van der Waals surface area contributed by atoms with Gasteiger partial charge in [0.15, 0.2) is 22.9 Å². The smallest absolute Gasteiger partial charge is 0.338 e. The molecule has 5 rings (SSSR count). The van der Waals surface area contributed by atoms with Crippen molar-refractivity contribution in [2.75, 3.05) is 65.1 Å². The fraction of sp³-hybridized carbons (Fsp3) is 0.394. The molecule has 0 bridgehead atoms. The van der Waals surface area contributed by atoms with E-state index in [0.29, 0.717) is 70.6 Å². The van der Waals surface area contributed by atoms with Gasteiger partial charge in [-0.15, -0.1) is 0 Å². The second-order valence-electron chi connectivity index (χ2n) is 10.7. The van der Waals surface area contributed by atoms with Gasteiger partial charge in [0.2, 0.25) is 0 Å². The highest BCUT2D eigenvalue weighted by Crippen LogP contribution is 2.32. The lowest BCUT2D eigenvalue weighted by Gasteiger charge is -2.26. The molecule has 3 heterocycles. The monoisotopic (exact) mass is 634 g/mol. The average Bonchev–Trinajstić information content (AvgIpc) is 3.34. The van der Waals surface area contributed by atoms with Crippen LogP contribution in [0.5, 0.6) is 11.5 Å². The summed E-state index contributed by atoms with van der Waals surface area (Å²) in [4.78, 5) is 48.6. The van der Waals surface area contributed by atoms with Gasteiger partial charge >= 0.3 is 5.97 Å². The molecule has 1 amide bonds. The Kier molecular flexibility index (Phi) is 10.0. The molecule has 0 radical (unpaired) electrons. The van der Waals surface area contributed by atoms with Crippen molar-refractivity contribution in [3.05, 3.63) is 84.5 Å². The summed E-state index contributed by atoms with van der Waals surface area (Å²) in [7, 11) is 3.90. The number of benzene rings is 2. The molecule has 0 spiro atoms. The zero-order valence-corrected chi connectivity index (χ0v) is 27.0.